The van der Waals surface area contributed by atoms with Crippen LogP contribution in [-0.2, 0) is 0 Å². The maximum atomic E-state index is 8.60. The van der Waals surface area contributed by atoms with E-state index >= 15 is 0 Å². The predicted octanol–water partition coefficient (Wildman–Crippen LogP) is 1.75. The molecule has 4 heteroatoms. The van der Waals surface area contributed by atoms with Gasteiger partial charge in [-0.25, -0.2) is 9.97 Å². The highest BCUT2D eigenvalue weighted by molar-refractivity contribution is 5.32. The molecule has 0 aliphatic carbocycles. The SMILES string of the molecule is Cc1nccc(NCCCCCCO)n1. The Labute approximate surface area is 90.8 Å². The number of aryl methyl sites for hydroxylation is 1. The number of hydrogen-bond donors (Lipinski definition) is 2. The minimum absolute atomic E-state index is 0.304. The summed E-state index contributed by atoms with van der Waals surface area (Å²) in [6, 6.07) is 1.88. The molecule has 1 aromatic rings. The van der Waals surface area contributed by atoms with Crippen LogP contribution in [0, 0.1) is 6.92 Å². The number of aliphatic hydroxyl groups excluding tert-OH is 1. The maximum Gasteiger partial charge on any atom is 0.129 e. The molecule has 0 aromatic carbocycles. The zero-order valence-electron chi connectivity index (χ0n) is 9.24. The lowest BCUT2D eigenvalue weighted by Gasteiger charge is -2.05. The molecule has 1 rings (SSSR count). The highest BCUT2D eigenvalue weighted by Gasteiger charge is 1.94. The summed E-state index contributed by atoms with van der Waals surface area (Å²) in [4.78, 5) is 8.27. The molecule has 0 spiro atoms. The summed E-state index contributed by atoms with van der Waals surface area (Å²) in [5.74, 6) is 1.69. The molecule has 0 saturated heterocycles. The third-order valence-corrected chi connectivity index (χ3v) is 2.17. The highest BCUT2D eigenvalue weighted by Crippen LogP contribution is 2.03. The van der Waals surface area contributed by atoms with E-state index in [0.29, 0.717) is 6.61 Å². The van der Waals surface area contributed by atoms with Gasteiger partial charge in [0, 0.05) is 19.3 Å². The zero-order chi connectivity index (χ0) is 10.9. The molecule has 0 aliphatic rings. The van der Waals surface area contributed by atoms with Gasteiger partial charge in [0.15, 0.2) is 0 Å². The summed E-state index contributed by atoms with van der Waals surface area (Å²) in [5, 5.41) is 11.8. The Bertz CT molecular complexity index is 278. The average molecular weight is 209 g/mol. The van der Waals surface area contributed by atoms with Crippen molar-refractivity contribution >= 4 is 5.82 Å². The van der Waals surface area contributed by atoms with Crippen LogP contribution in [0.3, 0.4) is 0 Å². The fourth-order valence-corrected chi connectivity index (χ4v) is 1.36. The largest absolute Gasteiger partial charge is 0.396 e. The third kappa shape index (κ3) is 5.32. The molecule has 15 heavy (non-hydrogen) atoms. The minimum atomic E-state index is 0.304. The Morgan fingerprint density at radius 1 is 1.27 bits per heavy atom. The van der Waals surface area contributed by atoms with Gasteiger partial charge in [0.1, 0.15) is 11.6 Å². The van der Waals surface area contributed by atoms with Crippen molar-refractivity contribution in [2.45, 2.75) is 32.6 Å². The topological polar surface area (TPSA) is 58.0 Å². The van der Waals surface area contributed by atoms with Crippen LogP contribution in [0.25, 0.3) is 0 Å². The second kappa shape index (κ2) is 7.17. The molecule has 0 fully saturated rings. The van der Waals surface area contributed by atoms with Gasteiger partial charge < -0.3 is 10.4 Å². The van der Waals surface area contributed by atoms with Gasteiger partial charge in [0.2, 0.25) is 0 Å². The first-order valence-corrected chi connectivity index (χ1v) is 5.47. The normalized spacial score (nSPS) is 10.3. The molecule has 1 heterocycles. The Balaban J connectivity index is 2.10. The fourth-order valence-electron chi connectivity index (χ4n) is 1.36. The molecule has 0 saturated carbocycles. The summed E-state index contributed by atoms with van der Waals surface area (Å²) in [7, 11) is 0. The molecule has 0 radical (unpaired) electrons. The second-order valence-corrected chi connectivity index (χ2v) is 3.55. The summed E-state index contributed by atoms with van der Waals surface area (Å²) in [5.41, 5.74) is 0. The van der Waals surface area contributed by atoms with Gasteiger partial charge in [-0.05, 0) is 25.8 Å². The third-order valence-electron chi connectivity index (χ3n) is 2.17. The number of aliphatic hydroxyl groups is 1. The van der Waals surface area contributed by atoms with Gasteiger partial charge in [-0.1, -0.05) is 12.8 Å². The summed E-state index contributed by atoms with van der Waals surface area (Å²) >= 11 is 0. The first-order valence-electron chi connectivity index (χ1n) is 5.47. The summed E-state index contributed by atoms with van der Waals surface area (Å²) < 4.78 is 0. The number of anilines is 1. The monoisotopic (exact) mass is 209 g/mol. The zero-order valence-corrected chi connectivity index (χ0v) is 9.24. The summed E-state index contributed by atoms with van der Waals surface area (Å²) in [6.45, 7) is 3.12. The Kier molecular flexibility index (Phi) is 5.70. The van der Waals surface area contributed by atoms with E-state index < -0.39 is 0 Å². The van der Waals surface area contributed by atoms with Crippen molar-refractivity contribution < 1.29 is 5.11 Å². The minimum Gasteiger partial charge on any atom is -0.396 e. The Morgan fingerprint density at radius 2 is 2.07 bits per heavy atom. The molecular formula is C11H19N3O. The van der Waals surface area contributed by atoms with Crippen molar-refractivity contribution in [1.29, 1.82) is 0 Å². The predicted molar refractivity (Wildman–Crippen MR) is 60.8 cm³/mol. The lowest BCUT2D eigenvalue weighted by Crippen LogP contribution is -2.04. The van der Waals surface area contributed by atoms with E-state index in [4.69, 9.17) is 5.11 Å². The molecule has 84 valence electrons. The molecule has 1 aromatic heterocycles. The first kappa shape index (κ1) is 11.9. The first-order chi connectivity index (χ1) is 7.33. The molecule has 0 atom stereocenters. The van der Waals surface area contributed by atoms with Crippen LogP contribution >= 0.6 is 0 Å². The van der Waals surface area contributed by atoms with E-state index in [1.807, 2.05) is 13.0 Å². The standard InChI is InChI=1S/C11H19N3O/c1-10-12-8-6-11(14-10)13-7-4-2-3-5-9-15/h6,8,15H,2-5,7,9H2,1H3,(H,12,13,14). The fraction of sp³-hybridized carbons (Fsp3) is 0.636. The van der Waals surface area contributed by atoms with Crippen LogP contribution in [-0.4, -0.2) is 28.2 Å². The van der Waals surface area contributed by atoms with Crippen LogP contribution in [0.2, 0.25) is 0 Å². The Hall–Kier alpha value is -1.16. The molecule has 0 amide bonds. The molecular weight excluding hydrogens is 190 g/mol. The van der Waals surface area contributed by atoms with Crippen molar-refractivity contribution in [2.75, 3.05) is 18.5 Å². The lowest BCUT2D eigenvalue weighted by atomic mass is 10.2. The maximum absolute atomic E-state index is 8.60. The number of rotatable bonds is 7. The number of unbranched alkanes of at least 4 members (excludes halogenated alkanes) is 3. The van der Waals surface area contributed by atoms with E-state index in [9.17, 15) is 0 Å². The highest BCUT2D eigenvalue weighted by atomic mass is 16.2. The summed E-state index contributed by atoms with van der Waals surface area (Å²) in [6.07, 6.45) is 6.03. The second-order valence-electron chi connectivity index (χ2n) is 3.55. The number of nitrogens with zero attached hydrogens (tertiary/aromatic N) is 2. The van der Waals surface area contributed by atoms with Gasteiger partial charge in [-0.2, -0.15) is 0 Å². The van der Waals surface area contributed by atoms with Gasteiger partial charge in [-0.3, -0.25) is 0 Å². The number of aromatic nitrogens is 2. The number of hydrogen-bond acceptors (Lipinski definition) is 4. The average Bonchev–Trinajstić information content (AvgIpc) is 2.23. The van der Waals surface area contributed by atoms with Crippen molar-refractivity contribution in [1.82, 2.24) is 9.97 Å². The van der Waals surface area contributed by atoms with Crippen LogP contribution < -0.4 is 5.32 Å². The van der Waals surface area contributed by atoms with Crippen molar-refractivity contribution in [3.63, 3.8) is 0 Å². The van der Waals surface area contributed by atoms with Crippen LogP contribution in [0.1, 0.15) is 31.5 Å². The molecule has 2 N–H and O–H groups in total. The Morgan fingerprint density at radius 3 is 2.80 bits per heavy atom. The van der Waals surface area contributed by atoms with Gasteiger partial charge in [0.25, 0.3) is 0 Å². The van der Waals surface area contributed by atoms with Crippen LogP contribution in [0.5, 0.6) is 0 Å². The van der Waals surface area contributed by atoms with E-state index in [1.165, 1.54) is 0 Å². The quantitative estimate of drug-likeness (QED) is 0.672. The van der Waals surface area contributed by atoms with Crippen molar-refractivity contribution in [3.8, 4) is 0 Å². The van der Waals surface area contributed by atoms with Crippen LogP contribution in [0.4, 0.5) is 5.82 Å². The van der Waals surface area contributed by atoms with E-state index in [1.54, 1.807) is 6.20 Å². The molecule has 0 bridgehead atoms. The molecule has 4 nitrogen and oxygen atoms in total. The van der Waals surface area contributed by atoms with E-state index in [-0.39, 0.29) is 0 Å². The van der Waals surface area contributed by atoms with Crippen molar-refractivity contribution in [2.24, 2.45) is 0 Å². The van der Waals surface area contributed by atoms with Gasteiger partial charge in [0.05, 0.1) is 0 Å². The van der Waals surface area contributed by atoms with E-state index in [0.717, 1.165) is 43.9 Å². The molecule has 0 aliphatic heterocycles. The molecule has 0 unspecified atom stereocenters. The number of nitrogens with one attached hydrogen (secondary N) is 1. The lowest BCUT2D eigenvalue weighted by molar-refractivity contribution is 0.283. The van der Waals surface area contributed by atoms with Crippen molar-refractivity contribution in [3.05, 3.63) is 18.1 Å². The van der Waals surface area contributed by atoms with Gasteiger partial charge in [-0.15, -0.1) is 0 Å². The van der Waals surface area contributed by atoms with Crippen LogP contribution in [0.15, 0.2) is 12.3 Å². The van der Waals surface area contributed by atoms with Gasteiger partial charge >= 0.3 is 0 Å². The van der Waals surface area contributed by atoms with E-state index in [2.05, 4.69) is 15.3 Å². The smallest absolute Gasteiger partial charge is 0.129 e.